The SMILES string of the molecule is CCOC(=O)CN(Cc1ccccc1)Cc1ccoc1. The fraction of sp³-hybridized carbons (Fsp3) is 0.312. The van der Waals surface area contributed by atoms with Gasteiger partial charge in [0.05, 0.1) is 25.7 Å². The highest BCUT2D eigenvalue weighted by molar-refractivity contribution is 5.71. The molecule has 106 valence electrons. The van der Waals surface area contributed by atoms with Crippen molar-refractivity contribution in [3.05, 3.63) is 60.1 Å². The van der Waals surface area contributed by atoms with Crippen LogP contribution >= 0.6 is 0 Å². The number of nitrogens with zero attached hydrogens (tertiary/aromatic N) is 1. The smallest absolute Gasteiger partial charge is 0.320 e. The van der Waals surface area contributed by atoms with Crippen molar-refractivity contribution in [1.29, 1.82) is 0 Å². The van der Waals surface area contributed by atoms with Crippen LogP contribution in [0.5, 0.6) is 0 Å². The lowest BCUT2D eigenvalue weighted by Gasteiger charge is -2.20. The van der Waals surface area contributed by atoms with Gasteiger partial charge in [-0.2, -0.15) is 0 Å². The maximum atomic E-state index is 11.7. The summed E-state index contributed by atoms with van der Waals surface area (Å²) in [5.74, 6) is -0.202. The number of rotatable bonds is 7. The molecule has 0 aliphatic heterocycles. The van der Waals surface area contributed by atoms with Gasteiger partial charge in [0, 0.05) is 18.7 Å². The number of esters is 1. The second kappa shape index (κ2) is 7.50. The Labute approximate surface area is 119 Å². The van der Waals surface area contributed by atoms with Crippen molar-refractivity contribution in [2.45, 2.75) is 20.0 Å². The third-order valence-electron chi connectivity index (χ3n) is 2.89. The zero-order chi connectivity index (χ0) is 14.2. The van der Waals surface area contributed by atoms with Crippen LogP contribution in [-0.2, 0) is 22.6 Å². The van der Waals surface area contributed by atoms with Gasteiger partial charge in [-0.15, -0.1) is 0 Å². The van der Waals surface area contributed by atoms with Crippen molar-refractivity contribution < 1.29 is 13.9 Å². The molecule has 1 aromatic carbocycles. The van der Waals surface area contributed by atoms with Gasteiger partial charge in [-0.05, 0) is 18.6 Å². The van der Waals surface area contributed by atoms with E-state index in [1.165, 1.54) is 5.56 Å². The van der Waals surface area contributed by atoms with Gasteiger partial charge < -0.3 is 9.15 Å². The zero-order valence-electron chi connectivity index (χ0n) is 11.6. The van der Waals surface area contributed by atoms with Crippen molar-refractivity contribution >= 4 is 5.97 Å². The van der Waals surface area contributed by atoms with Crippen molar-refractivity contribution in [2.75, 3.05) is 13.2 Å². The molecule has 0 N–H and O–H groups in total. The summed E-state index contributed by atoms with van der Waals surface area (Å²) in [6, 6.07) is 12.0. The molecule has 0 aliphatic rings. The van der Waals surface area contributed by atoms with Crippen LogP contribution in [0, 0.1) is 0 Å². The Hall–Kier alpha value is -2.07. The van der Waals surface area contributed by atoms with E-state index in [9.17, 15) is 4.79 Å². The molecule has 1 aromatic heterocycles. The number of ether oxygens (including phenoxy) is 1. The Morgan fingerprint density at radius 2 is 1.90 bits per heavy atom. The quantitative estimate of drug-likeness (QED) is 0.727. The van der Waals surface area contributed by atoms with Crippen LogP contribution in [0.4, 0.5) is 0 Å². The molecule has 0 saturated heterocycles. The summed E-state index contributed by atoms with van der Waals surface area (Å²) >= 11 is 0. The number of furan rings is 1. The summed E-state index contributed by atoms with van der Waals surface area (Å²) in [4.78, 5) is 13.7. The Morgan fingerprint density at radius 1 is 1.15 bits per heavy atom. The lowest BCUT2D eigenvalue weighted by Crippen LogP contribution is -2.30. The molecular weight excluding hydrogens is 254 g/mol. The third kappa shape index (κ3) is 4.55. The second-order valence-electron chi connectivity index (χ2n) is 4.57. The van der Waals surface area contributed by atoms with E-state index in [4.69, 9.17) is 9.15 Å². The van der Waals surface area contributed by atoms with E-state index in [0.717, 1.165) is 5.56 Å². The van der Waals surface area contributed by atoms with Crippen LogP contribution in [0.2, 0.25) is 0 Å². The lowest BCUT2D eigenvalue weighted by atomic mass is 10.2. The molecule has 0 bridgehead atoms. The predicted octanol–water partition coefficient (Wildman–Crippen LogP) is 2.84. The second-order valence-corrected chi connectivity index (χ2v) is 4.57. The maximum absolute atomic E-state index is 11.7. The Kier molecular flexibility index (Phi) is 5.38. The van der Waals surface area contributed by atoms with E-state index < -0.39 is 0 Å². The van der Waals surface area contributed by atoms with E-state index in [1.54, 1.807) is 12.5 Å². The molecular formula is C16H19NO3. The Bertz CT molecular complexity index is 508. The standard InChI is InChI=1S/C16H19NO3/c1-2-20-16(18)12-17(11-15-8-9-19-13-15)10-14-6-4-3-5-7-14/h3-9,13H,2,10-12H2,1H3. The minimum absolute atomic E-state index is 0.202. The molecule has 4 nitrogen and oxygen atoms in total. The molecule has 0 aliphatic carbocycles. The van der Waals surface area contributed by atoms with Crippen LogP contribution in [0.1, 0.15) is 18.1 Å². The first-order valence-electron chi connectivity index (χ1n) is 6.71. The van der Waals surface area contributed by atoms with E-state index in [1.807, 2.05) is 48.2 Å². The molecule has 0 saturated carbocycles. The molecule has 0 unspecified atom stereocenters. The molecule has 20 heavy (non-hydrogen) atoms. The minimum Gasteiger partial charge on any atom is -0.472 e. The van der Waals surface area contributed by atoms with Crippen LogP contribution in [-0.4, -0.2) is 24.0 Å². The highest BCUT2D eigenvalue weighted by atomic mass is 16.5. The fourth-order valence-electron chi connectivity index (χ4n) is 2.04. The van der Waals surface area contributed by atoms with Crippen LogP contribution in [0.15, 0.2) is 53.3 Å². The average Bonchev–Trinajstić information content (AvgIpc) is 2.93. The van der Waals surface area contributed by atoms with Gasteiger partial charge in [-0.1, -0.05) is 30.3 Å². The largest absolute Gasteiger partial charge is 0.472 e. The van der Waals surface area contributed by atoms with E-state index in [0.29, 0.717) is 19.7 Å². The van der Waals surface area contributed by atoms with Crippen LogP contribution in [0.25, 0.3) is 0 Å². The molecule has 2 rings (SSSR count). The Balaban J connectivity index is 2.01. The van der Waals surface area contributed by atoms with E-state index >= 15 is 0 Å². The van der Waals surface area contributed by atoms with E-state index in [-0.39, 0.29) is 12.5 Å². The Morgan fingerprint density at radius 3 is 2.55 bits per heavy atom. The average molecular weight is 273 g/mol. The number of carbonyl (C=O) groups is 1. The molecule has 0 radical (unpaired) electrons. The van der Waals surface area contributed by atoms with Gasteiger partial charge in [-0.25, -0.2) is 0 Å². The van der Waals surface area contributed by atoms with Gasteiger partial charge in [-0.3, -0.25) is 9.69 Å². The summed E-state index contributed by atoms with van der Waals surface area (Å²) in [6.07, 6.45) is 3.34. The molecule has 0 amide bonds. The highest BCUT2D eigenvalue weighted by Crippen LogP contribution is 2.10. The summed E-state index contributed by atoms with van der Waals surface area (Å²) in [6.45, 7) is 3.85. The van der Waals surface area contributed by atoms with Crippen LogP contribution < -0.4 is 0 Å². The molecule has 2 aromatic rings. The zero-order valence-corrected chi connectivity index (χ0v) is 11.6. The van der Waals surface area contributed by atoms with Crippen molar-refractivity contribution in [3.8, 4) is 0 Å². The van der Waals surface area contributed by atoms with Crippen molar-refractivity contribution in [3.63, 3.8) is 0 Å². The van der Waals surface area contributed by atoms with Gasteiger partial charge >= 0.3 is 5.97 Å². The van der Waals surface area contributed by atoms with Crippen molar-refractivity contribution in [1.82, 2.24) is 4.90 Å². The third-order valence-corrected chi connectivity index (χ3v) is 2.89. The van der Waals surface area contributed by atoms with E-state index in [2.05, 4.69) is 0 Å². The molecule has 0 atom stereocenters. The first kappa shape index (κ1) is 14.3. The van der Waals surface area contributed by atoms with Gasteiger partial charge in [0.1, 0.15) is 0 Å². The summed E-state index contributed by atoms with van der Waals surface area (Å²) < 4.78 is 10.1. The van der Waals surface area contributed by atoms with Gasteiger partial charge in [0.15, 0.2) is 0 Å². The minimum atomic E-state index is -0.202. The maximum Gasteiger partial charge on any atom is 0.320 e. The number of benzene rings is 1. The fourth-order valence-corrected chi connectivity index (χ4v) is 2.04. The number of carbonyl (C=O) groups excluding carboxylic acids is 1. The topological polar surface area (TPSA) is 42.7 Å². The predicted molar refractivity (Wildman–Crippen MR) is 75.9 cm³/mol. The molecule has 4 heteroatoms. The van der Waals surface area contributed by atoms with Gasteiger partial charge in [0.2, 0.25) is 0 Å². The summed E-state index contributed by atoms with van der Waals surface area (Å²) in [7, 11) is 0. The van der Waals surface area contributed by atoms with Crippen molar-refractivity contribution in [2.24, 2.45) is 0 Å². The molecule has 0 spiro atoms. The summed E-state index contributed by atoms with van der Waals surface area (Å²) in [5.41, 5.74) is 2.21. The summed E-state index contributed by atoms with van der Waals surface area (Å²) in [5, 5.41) is 0. The highest BCUT2D eigenvalue weighted by Gasteiger charge is 2.13. The number of hydrogen-bond acceptors (Lipinski definition) is 4. The normalized spacial score (nSPS) is 10.7. The first-order valence-corrected chi connectivity index (χ1v) is 6.71. The molecule has 1 heterocycles. The first-order chi connectivity index (χ1) is 9.78. The molecule has 0 fully saturated rings. The monoisotopic (exact) mass is 273 g/mol. The number of hydrogen-bond donors (Lipinski definition) is 0. The van der Waals surface area contributed by atoms with Gasteiger partial charge in [0.25, 0.3) is 0 Å². The lowest BCUT2D eigenvalue weighted by molar-refractivity contribution is -0.144. The van der Waals surface area contributed by atoms with Crippen LogP contribution in [0.3, 0.4) is 0 Å².